The molecule has 1 saturated heterocycles. The third kappa shape index (κ3) is 1.34. The minimum atomic E-state index is -0.0255. The van der Waals surface area contributed by atoms with Crippen LogP contribution in [0.2, 0.25) is 0 Å². The summed E-state index contributed by atoms with van der Waals surface area (Å²) in [6.45, 7) is 2.41. The van der Waals surface area contributed by atoms with Crippen molar-refractivity contribution in [3.8, 4) is 0 Å². The van der Waals surface area contributed by atoms with Crippen molar-refractivity contribution in [2.45, 2.75) is 58.3 Å². The van der Waals surface area contributed by atoms with Gasteiger partial charge in [-0.3, -0.25) is 14.9 Å². The normalized spacial score (nSPS) is 52.4. The molecule has 1 N–H and O–H groups in total. The summed E-state index contributed by atoms with van der Waals surface area (Å²) in [4.78, 5) is 23.8. The van der Waals surface area contributed by atoms with E-state index in [1.165, 1.54) is 32.1 Å². The van der Waals surface area contributed by atoms with Crippen molar-refractivity contribution in [2.24, 2.45) is 28.6 Å². The number of carbonyl (C=O) groups is 2. The standard InChI is InChI=1S/C16H23NO2/c1-15(16-6-2-3-10(16)4-8-16)7-5-11-12(9-15)14(19)17-13(11)18/h10-12H,2-9H2,1H3,(H,17,18,19). The third-order valence-corrected chi connectivity index (χ3v) is 7.18. The molecule has 4 rings (SSSR count). The zero-order valence-corrected chi connectivity index (χ0v) is 11.7. The van der Waals surface area contributed by atoms with Crippen LogP contribution < -0.4 is 5.32 Å². The van der Waals surface area contributed by atoms with E-state index in [4.69, 9.17) is 0 Å². The van der Waals surface area contributed by atoms with Gasteiger partial charge in [-0.25, -0.2) is 0 Å². The molecule has 0 bridgehead atoms. The molecule has 3 heteroatoms. The first-order valence-corrected chi connectivity index (χ1v) is 7.90. The molecular formula is C16H23NO2. The quantitative estimate of drug-likeness (QED) is 0.738. The van der Waals surface area contributed by atoms with E-state index in [9.17, 15) is 9.59 Å². The molecule has 0 radical (unpaired) electrons. The summed E-state index contributed by atoms with van der Waals surface area (Å²) in [6, 6.07) is 0. The lowest BCUT2D eigenvalue weighted by Crippen LogP contribution is -2.52. The Hall–Kier alpha value is -0.860. The highest BCUT2D eigenvalue weighted by Gasteiger charge is 2.62. The van der Waals surface area contributed by atoms with Gasteiger partial charge < -0.3 is 0 Å². The Labute approximate surface area is 114 Å². The summed E-state index contributed by atoms with van der Waals surface area (Å²) >= 11 is 0. The summed E-state index contributed by atoms with van der Waals surface area (Å²) in [5.41, 5.74) is 0.819. The Bertz CT molecular complexity index is 460. The van der Waals surface area contributed by atoms with Gasteiger partial charge in [0.05, 0.1) is 11.8 Å². The molecule has 0 aromatic rings. The second kappa shape index (κ2) is 3.62. The molecule has 3 aliphatic carbocycles. The summed E-state index contributed by atoms with van der Waals surface area (Å²) < 4.78 is 0. The van der Waals surface area contributed by atoms with Gasteiger partial charge in [0.15, 0.2) is 0 Å². The maximum absolute atomic E-state index is 12.0. The molecule has 0 aromatic heterocycles. The van der Waals surface area contributed by atoms with Crippen molar-refractivity contribution in [3.63, 3.8) is 0 Å². The average molecular weight is 261 g/mol. The largest absolute Gasteiger partial charge is 0.296 e. The Morgan fingerprint density at radius 3 is 2.47 bits per heavy atom. The van der Waals surface area contributed by atoms with E-state index < -0.39 is 0 Å². The van der Waals surface area contributed by atoms with Crippen LogP contribution in [0.3, 0.4) is 0 Å². The Morgan fingerprint density at radius 1 is 1.00 bits per heavy atom. The molecule has 19 heavy (non-hydrogen) atoms. The number of rotatable bonds is 1. The van der Waals surface area contributed by atoms with Gasteiger partial charge in [-0.15, -0.1) is 0 Å². The number of carbonyl (C=O) groups excluding carboxylic acids is 2. The van der Waals surface area contributed by atoms with Crippen LogP contribution in [0, 0.1) is 28.6 Å². The fourth-order valence-electron chi connectivity index (χ4n) is 5.96. The van der Waals surface area contributed by atoms with Gasteiger partial charge in [-0.1, -0.05) is 13.3 Å². The fraction of sp³-hybridized carbons (Fsp3) is 0.875. The maximum atomic E-state index is 12.0. The minimum Gasteiger partial charge on any atom is -0.296 e. The molecule has 5 unspecified atom stereocenters. The molecule has 3 nitrogen and oxygen atoms in total. The smallest absolute Gasteiger partial charge is 0.230 e. The number of fused-ring (bicyclic) bond motifs is 2. The first-order valence-electron chi connectivity index (χ1n) is 7.90. The Kier molecular flexibility index (Phi) is 2.27. The van der Waals surface area contributed by atoms with E-state index in [0.29, 0.717) is 10.8 Å². The predicted molar refractivity (Wildman–Crippen MR) is 71.1 cm³/mol. The highest BCUT2D eigenvalue weighted by Crippen LogP contribution is 2.70. The van der Waals surface area contributed by atoms with Crippen LogP contribution in [0.1, 0.15) is 58.3 Å². The lowest BCUT2D eigenvalue weighted by atomic mass is 9.44. The molecule has 1 heterocycles. The van der Waals surface area contributed by atoms with Crippen molar-refractivity contribution >= 4 is 11.8 Å². The third-order valence-electron chi connectivity index (χ3n) is 7.18. The molecule has 3 saturated carbocycles. The minimum absolute atomic E-state index is 0.00574. The van der Waals surface area contributed by atoms with Crippen LogP contribution in [0.5, 0.6) is 0 Å². The number of hydrogen-bond donors (Lipinski definition) is 1. The molecule has 4 fully saturated rings. The van der Waals surface area contributed by atoms with Crippen LogP contribution in [-0.2, 0) is 9.59 Å². The van der Waals surface area contributed by atoms with E-state index in [2.05, 4.69) is 12.2 Å². The van der Waals surface area contributed by atoms with Crippen molar-refractivity contribution < 1.29 is 9.59 Å². The van der Waals surface area contributed by atoms with Crippen molar-refractivity contribution in [2.75, 3.05) is 0 Å². The van der Waals surface area contributed by atoms with Crippen LogP contribution >= 0.6 is 0 Å². The topological polar surface area (TPSA) is 46.2 Å². The van der Waals surface area contributed by atoms with Crippen molar-refractivity contribution in [1.29, 1.82) is 0 Å². The summed E-state index contributed by atoms with van der Waals surface area (Å²) in [6.07, 6.45) is 9.91. The summed E-state index contributed by atoms with van der Waals surface area (Å²) in [5.74, 6) is 0.867. The summed E-state index contributed by atoms with van der Waals surface area (Å²) in [7, 11) is 0. The van der Waals surface area contributed by atoms with Gasteiger partial charge in [-0.2, -0.15) is 0 Å². The fourth-order valence-corrected chi connectivity index (χ4v) is 5.96. The molecule has 4 aliphatic rings. The summed E-state index contributed by atoms with van der Waals surface area (Å²) in [5, 5.41) is 2.55. The lowest BCUT2D eigenvalue weighted by Gasteiger charge is -2.60. The molecule has 0 aromatic carbocycles. The van der Waals surface area contributed by atoms with Gasteiger partial charge in [0.2, 0.25) is 11.8 Å². The van der Waals surface area contributed by atoms with E-state index in [-0.39, 0.29) is 23.7 Å². The number of nitrogens with one attached hydrogen (secondary N) is 1. The molecule has 1 aliphatic heterocycles. The molecule has 104 valence electrons. The van der Waals surface area contributed by atoms with Crippen LogP contribution in [0.15, 0.2) is 0 Å². The van der Waals surface area contributed by atoms with Crippen LogP contribution in [0.4, 0.5) is 0 Å². The SMILES string of the molecule is CC1(C23CCCC2CC3)CCC2C(=O)NC(=O)C2C1. The molecule has 2 amide bonds. The number of imide groups is 1. The monoisotopic (exact) mass is 261 g/mol. The molecule has 5 atom stereocenters. The predicted octanol–water partition coefficient (Wildman–Crippen LogP) is 2.65. The first kappa shape index (κ1) is 11.9. The van der Waals surface area contributed by atoms with Gasteiger partial charge in [0, 0.05) is 0 Å². The lowest BCUT2D eigenvalue weighted by molar-refractivity contribution is -0.136. The van der Waals surface area contributed by atoms with Gasteiger partial charge in [0.1, 0.15) is 0 Å². The zero-order valence-electron chi connectivity index (χ0n) is 11.7. The highest BCUT2D eigenvalue weighted by molar-refractivity contribution is 6.05. The highest BCUT2D eigenvalue weighted by atomic mass is 16.2. The van der Waals surface area contributed by atoms with E-state index in [1.54, 1.807) is 0 Å². The maximum Gasteiger partial charge on any atom is 0.230 e. The number of hydrogen-bond acceptors (Lipinski definition) is 2. The molecular weight excluding hydrogens is 238 g/mol. The Balaban J connectivity index is 1.63. The van der Waals surface area contributed by atoms with Crippen molar-refractivity contribution in [1.82, 2.24) is 5.32 Å². The van der Waals surface area contributed by atoms with E-state index in [0.717, 1.165) is 25.2 Å². The first-order chi connectivity index (χ1) is 9.06. The van der Waals surface area contributed by atoms with Gasteiger partial charge >= 0.3 is 0 Å². The van der Waals surface area contributed by atoms with Gasteiger partial charge in [-0.05, 0) is 61.7 Å². The second-order valence-electron chi connectivity index (χ2n) is 7.65. The second-order valence-corrected chi connectivity index (χ2v) is 7.65. The van der Waals surface area contributed by atoms with Crippen LogP contribution in [-0.4, -0.2) is 11.8 Å². The van der Waals surface area contributed by atoms with E-state index >= 15 is 0 Å². The van der Waals surface area contributed by atoms with Gasteiger partial charge in [0.25, 0.3) is 0 Å². The van der Waals surface area contributed by atoms with Crippen molar-refractivity contribution in [3.05, 3.63) is 0 Å². The van der Waals surface area contributed by atoms with E-state index in [1.807, 2.05) is 0 Å². The van der Waals surface area contributed by atoms with Crippen LogP contribution in [0.25, 0.3) is 0 Å². The Morgan fingerprint density at radius 2 is 1.79 bits per heavy atom. The average Bonchev–Trinajstić information content (AvgIpc) is 2.79. The zero-order chi connectivity index (χ0) is 13.3. The number of amides is 2. The molecule has 0 spiro atoms.